The molecule has 0 radical (unpaired) electrons. The van der Waals surface area contributed by atoms with E-state index in [0.29, 0.717) is 25.2 Å². The lowest BCUT2D eigenvalue weighted by atomic mass is 9.75. The summed E-state index contributed by atoms with van der Waals surface area (Å²) in [4.78, 5) is 0. The first kappa shape index (κ1) is 14.8. The SMILES string of the molecule is CC(C)CCCC1(O)CCCC(C(F)(F)F)C1. The van der Waals surface area contributed by atoms with E-state index in [1.165, 1.54) is 0 Å². The molecule has 0 aromatic rings. The van der Waals surface area contributed by atoms with Gasteiger partial charge in [0.2, 0.25) is 0 Å². The molecule has 17 heavy (non-hydrogen) atoms. The van der Waals surface area contributed by atoms with Crippen LogP contribution in [0.5, 0.6) is 0 Å². The fraction of sp³-hybridized carbons (Fsp3) is 1.00. The molecular formula is C13H23F3O. The second-order valence-corrected chi connectivity index (χ2v) is 5.85. The molecule has 1 fully saturated rings. The van der Waals surface area contributed by atoms with Gasteiger partial charge in [-0.3, -0.25) is 0 Å². The van der Waals surface area contributed by atoms with Gasteiger partial charge in [-0.1, -0.05) is 26.7 Å². The Labute approximate surface area is 101 Å². The Balaban J connectivity index is 2.46. The molecule has 2 atom stereocenters. The van der Waals surface area contributed by atoms with Gasteiger partial charge in [-0.05, 0) is 38.0 Å². The van der Waals surface area contributed by atoms with Gasteiger partial charge >= 0.3 is 6.18 Å². The van der Waals surface area contributed by atoms with Gasteiger partial charge in [0.15, 0.2) is 0 Å². The fourth-order valence-electron chi connectivity index (χ4n) is 2.69. The third-order valence-electron chi connectivity index (χ3n) is 3.71. The van der Waals surface area contributed by atoms with Crippen molar-refractivity contribution in [3.8, 4) is 0 Å². The molecule has 0 heterocycles. The van der Waals surface area contributed by atoms with Crippen molar-refractivity contribution in [1.82, 2.24) is 0 Å². The molecule has 0 spiro atoms. The summed E-state index contributed by atoms with van der Waals surface area (Å²) in [5, 5.41) is 10.2. The summed E-state index contributed by atoms with van der Waals surface area (Å²) in [6, 6.07) is 0. The van der Waals surface area contributed by atoms with E-state index >= 15 is 0 Å². The van der Waals surface area contributed by atoms with Crippen molar-refractivity contribution in [1.29, 1.82) is 0 Å². The number of rotatable bonds is 4. The molecule has 1 aliphatic carbocycles. The van der Waals surface area contributed by atoms with Crippen molar-refractivity contribution >= 4 is 0 Å². The van der Waals surface area contributed by atoms with Crippen molar-refractivity contribution in [3.05, 3.63) is 0 Å². The van der Waals surface area contributed by atoms with E-state index in [2.05, 4.69) is 13.8 Å². The highest BCUT2D eigenvalue weighted by Crippen LogP contribution is 2.43. The third-order valence-corrected chi connectivity index (χ3v) is 3.71. The lowest BCUT2D eigenvalue weighted by Gasteiger charge is -2.37. The van der Waals surface area contributed by atoms with Crippen molar-refractivity contribution in [2.24, 2.45) is 11.8 Å². The molecule has 0 saturated heterocycles. The van der Waals surface area contributed by atoms with Crippen LogP contribution in [0.15, 0.2) is 0 Å². The van der Waals surface area contributed by atoms with Gasteiger partial charge in [0.25, 0.3) is 0 Å². The summed E-state index contributed by atoms with van der Waals surface area (Å²) < 4.78 is 37.9. The van der Waals surface area contributed by atoms with E-state index in [1.54, 1.807) is 0 Å². The Morgan fingerprint density at radius 3 is 2.53 bits per heavy atom. The maximum absolute atomic E-state index is 12.6. The predicted octanol–water partition coefficient (Wildman–Crippen LogP) is 4.30. The van der Waals surface area contributed by atoms with Crippen LogP contribution in [-0.2, 0) is 0 Å². The molecule has 102 valence electrons. The summed E-state index contributed by atoms with van der Waals surface area (Å²) >= 11 is 0. The number of hydrogen-bond acceptors (Lipinski definition) is 1. The maximum Gasteiger partial charge on any atom is 0.391 e. The minimum absolute atomic E-state index is 0.103. The zero-order valence-electron chi connectivity index (χ0n) is 10.7. The highest BCUT2D eigenvalue weighted by Gasteiger charge is 2.46. The first-order chi connectivity index (χ1) is 7.73. The smallest absolute Gasteiger partial charge is 0.390 e. The van der Waals surface area contributed by atoms with Gasteiger partial charge < -0.3 is 5.11 Å². The number of alkyl halides is 3. The Bertz CT molecular complexity index is 237. The maximum atomic E-state index is 12.6. The quantitative estimate of drug-likeness (QED) is 0.791. The first-order valence-corrected chi connectivity index (χ1v) is 6.52. The lowest BCUT2D eigenvalue weighted by molar-refractivity contribution is -0.201. The van der Waals surface area contributed by atoms with Gasteiger partial charge in [-0.25, -0.2) is 0 Å². The van der Waals surface area contributed by atoms with Gasteiger partial charge in [-0.2, -0.15) is 13.2 Å². The second-order valence-electron chi connectivity index (χ2n) is 5.85. The van der Waals surface area contributed by atoms with Gasteiger partial charge in [0.05, 0.1) is 11.5 Å². The highest BCUT2D eigenvalue weighted by atomic mass is 19.4. The first-order valence-electron chi connectivity index (χ1n) is 6.52. The largest absolute Gasteiger partial charge is 0.391 e. The molecule has 0 aromatic carbocycles. The minimum Gasteiger partial charge on any atom is -0.390 e. The molecular weight excluding hydrogens is 229 g/mol. The normalized spacial score (nSPS) is 30.9. The van der Waals surface area contributed by atoms with Crippen LogP contribution in [0.25, 0.3) is 0 Å². The summed E-state index contributed by atoms with van der Waals surface area (Å²) in [5.74, 6) is -0.763. The van der Waals surface area contributed by atoms with Crippen molar-refractivity contribution in [3.63, 3.8) is 0 Å². The highest BCUT2D eigenvalue weighted by molar-refractivity contribution is 4.88. The van der Waals surface area contributed by atoms with Crippen LogP contribution in [0.3, 0.4) is 0 Å². The van der Waals surface area contributed by atoms with E-state index in [9.17, 15) is 18.3 Å². The summed E-state index contributed by atoms with van der Waals surface area (Å²) in [6.07, 6.45) is -0.757. The van der Waals surface area contributed by atoms with E-state index in [0.717, 1.165) is 12.8 Å². The zero-order chi connectivity index (χ0) is 13.1. The Kier molecular flexibility index (Phi) is 4.87. The summed E-state index contributed by atoms with van der Waals surface area (Å²) in [6.45, 7) is 4.17. The Morgan fingerprint density at radius 1 is 1.35 bits per heavy atom. The van der Waals surface area contributed by atoms with Crippen molar-refractivity contribution in [2.75, 3.05) is 0 Å². The molecule has 0 amide bonds. The Morgan fingerprint density at radius 2 is 2.00 bits per heavy atom. The molecule has 1 nitrogen and oxygen atoms in total. The van der Waals surface area contributed by atoms with Crippen LogP contribution in [0, 0.1) is 11.8 Å². The van der Waals surface area contributed by atoms with Crippen LogP contribution >= 0.6 is 0 Å². The van der Waals surface area contributed by atoms with Gasteiger partial charge in [0, 0.05) is 0 Å². The Hall–Kier alpha value is -0.250. The average molecular weight is 252 g/mol. The van der Waals surface area contributed by atoms with Crippen LogP contribution in [0.1, 0.15) is 58.8 Å². The van der Waals surface area contributed by atoms with Crippen LogP contribution in [0.4, 0.5) is 13.2 Å². The van der Waals surface area contributed by atoms with E-state index < -0.39 is 17.7 Å². The van der Waals surface area contributed by atoms with Gasteiger partial charge in [0.1, 0.15) is 0 Å². The van der Waals surface area contributed by atoms with Crippen molar-refractivity contribution in [2.45, 2.75) is 70.6 Å². The number of halogens is 3. The van der Waals surface area contributed by atoms with Gasteiger partial charge in [-0.15, -0.1) is 0 Å². The molecule has 1 N–H and O–H groups in total. The standard InChI is InChI=1S/C13H23F3O/c1-10(2)5-3-7-12(17)8-4-6-11(9-12)13(14,15)16/h10-11,17H,3-9H2,1-2H3. The molecule has 4 heteroatoms. The topological polar surface area (TPSA) is 20.2 Å². The monoisotopic (exact) mass is 252 g/mol. The van der Waals surface area contributed by atoms with E-state index in [4.69, 9.17) is 0 Å². The van der Waals surface area contributed by atoms with Crippen LogP contribution < -0.4 is 0 Å². The molecule has 0 bridgehead atoms. The summed E-state index contributed by atoms with van der Waals surface area (Å²) in [5.41, 5.74) is -1.08. The number of hydrogen-bond donors (Lipinski definition) is 1. The van der Waals surface area contributed by atoms with E-state index in [-0.39, 0.29) is 12.8 Å². The fourth-order valence-corrected chi connectivity index (χ4v) is 2.69. The molecule has 0 aliphatic heterocycles. The molecule has 2 unspecified atom stereocenters. The number of aliphatic hydroxyl groups is 1. The second kappa shape index (κ2) is 5.59. The molecule has 1 aliphatic rings. The molecule has 1 rings (SSSR count). The van der Waals surface area contributed by atoms with Crippen LogP contribution in [-0.4, -0.2) is 16.9 Å². The predicted molar refractivity (Wildman–Crippen MR) is 61.7 cm³/mol. The van der Waals surface area contributed by atoms with Crippen molar-refractivity contribution < 1.29 is 18.3 Å². The molecule has 1 saturated carbocycles. The van der Waals surface area contributed by atoms with E-state index in [1.807, 2.05) is 0 Å². The lowest BCUT2D eigenvalue weighted by Crippen LogP contribution is -2.40. The zero-order valence-corrected chi connectivity index (χ0v) is 10.7. The third kappa shape index (κ3) is 4.86. The average Bonchev–Trinajstić information content (AvgIpc) is 2.15. The molecule has 0 aromatic heterocycles. The minimum atomic E-state index is -4.15. The summed E-state index contributed by atoms with van der Waals surface area (Å²) in [7, 11) is 0. The van der Waals surface area contributed by atoms with Crippen LogP contribution in [0.2, 0.25) is 0 Å².